The number of nitrogens with one attached hydrogen (secondary N) is 1. The van der Waals surface area contributed by atoms with E-state index in [1.807, 2.05) is 0 Å². The Balaban J connectivity index is 1.75. The van der Waals surface area contributed by atoms with E-state index in [0.717, 1.165) is 36.1 Å². The van der Waals surface area contributed by atoms with Crippen molar-refractivity contribution in [1.29, 1.82) is 0 Å². The van der Waals surface area contributed by atoms with E-state index in [1.54, 1.807) is 24.5 Å². The molecule has 1 fully saturated rings. The van der Waals surface area contributed by atoms with E-state index in [1.165, 1.54) is 0 Å². The van der Waals surface area contributed by atoms with Crippen molar-refractivity contribution in [1.82, 2.24) is 29.8 Å². The second-order valence-corrected chi connectivity index (χ2v) is 5.50. The number of nitrogens with zero attached hydrogens (tertiary/aromatic N) is 6. The molecule has 3 aromatic rings. The molecule has 1 unspecified atom stereocenters. The zero-order chi connectivity index (χ0) is 15.8. The lowest BCUT2D eigenvalue weighted by Crippen LogP contribution is -2.35. The first-order chi connectivity index (χ1) is 11.2. The average Bonchev–Trinajstić information content (AvgIpc) is 3.24. The number of piperidine rings is 1. The Kier molecular flexibility index (Phi) is 3.40. The van der Waals surface area contributed by atoms with E-state index < -0.39 is 12.2 Å². The number of hydrogen-bond acceptors (Lipinski definition) is 5. The normalized spacial score (nSPS) is 18.9. The van der Waals surface area contributed by atoms with Crippen LogP contribution in [0.2, 0.25) is 0 Å². The van der Waals surface area contributed by atoms with E-state index >= 15 is 0 Å². The topological polar surface area (TPSA) is 75.0 Å². The number of H-pyrrole nitrogens is 1. The molecule has 1 aliphatic heterocycles. The molecule has 0 radical (unpaired) electrons. The third-order valence-electron chi connectivity index (χ3n) is 4.10. The monoisotopic (exact) mass is 319 g/mol. The van der Waals surface area contributed by atoms with Crippen LogP contribution < -0.4 is 4.90 Å². The fraction of sp³-hybridized carbons (Fsp3) is 0.429. The molecule has 0 saturated carbocycles. The molecule has 23 heavy (non-hydrogen) atoms. The van der Waals surface area contributed by atoms with Crippen LogP contribution in [0.4, 0.5) is 14.6 Å². The number of imidazole rings is 1. The average molecular weight is 319 g/mol. The van der Waals surface area contributed by atoms with Crippen molar-refractivity contribution in [2.45, 2.75) is 31.7 Å². The van der Waals surface area contributed by atoms with E-state index in [4.69, 9.17) is 0 Å². The molecule has 4 heterocycles. The first kappa shape index (κ1) is 14.0. The predicted octanol–water partition coefficient (Wildman–Crippen LogP) is 2.52. The minimum Gasteiger partial charge on any atom is -0.347 e. The van der Waals surface area contributed by atoms with Gasteiger partial charge in [0.2, 0.25) is 5.82 Å². The van der Waals surface area contributed by atoms with Gasteiger partial charge in [-0.1, -0.05) is 0 Å². The molecule has 120 valence electrons. The molecule has 1 N–H and O–H groups in total. The van der Waals surface area contributed by atoms with E-state index in [9.17, 15) is 8.78 Å². The lowest BCUT2D eigenvalue weighted by atomic mass is 10.0. The SMILES string of the molecule is FC(F)c1nnc2ccc(N3CCCCC3c3ncc[nH]3)nn12. The van der Waals surface area contributed by atoms with Crippen LogP contribution in [-0.2, 0) is 0 Å². The summed E-state index contributed by atoms with van der Waals surface area (Å²) in [4.78, 5) is 9.57. The quantitative estimate of drug-likeness (QED) is 0.803. The maximum absolute atomic E-state index is 13.0. The Labute approximate surface area is 130 Å². The van der Waals surface area contributed by atoms with Crippen molar-refractivity contribution in [3.63, 3.8) is 0 Å². The number of alkyl halides is 2. The van der Waals surface area contributed by atoms with Gasteiger partial charge in [-0.2, -0.15) is 4.52 Å². The largest absolute Gasteiger partial charge is 0.347 e. The highest BCUT2D eigenvalue weighted by molar-refractivity contribution is 5.47. The molecule has 1 aliphatic rings. The van der Waals surface area contributed by atoms with E-state index in [-0.39, 0.29) is 6.04 Å². The Morgan fingerprint density at radius 1 is 1.22 bits per heavy atom. The molecule has 0 spiro atoms. The number of aromatic nitrogens is 6. The second kappa shape index (κ2) is 5.56. The molecule has 3 aromatic heterocycles. The van der Waals surface area contributed by atoms with Crippen molar-refractivity contribution < 1.29 is 8.78 Å². The smallest absolute Gasteiger partial charge is 0.299 e. The van der Waals surface area contributed by atoms with Gasteiger partial charge < -0.3 is 9.88 Å². The first-order valence-electron chi connectivity index (χ1n) is 7.50. The van der Waals surface area contributed by atoms with Gasteiger partial charge in [-0.05, 0) is 31.4 Å². The molecule has 0 aromatic carbocycles. The summed E-state index contributed by atoms with van der Waals surface area (Å²) in [5, 5.41) is 11.6. The van der Waals surface area contributed by atoms with Gasteiger partial charge in [-0.3, -0.25) is 0 Å². The van der Waals surface area contributed by atoms with Crippen LogP contribution >= 0.6 is 0 Å². The van der Waals surface area contributed by atoms with Crippen molar-refractivity contribution >= 4 is 11.5 Å². The summed E-state index contributed by atoms with van der Waals surface area (Å²) in [6.07, 6.45) is 3.85. The third-order valence-corrected chi connectivity index (χ3v) is 4.10. The van der Waals surface area contributed by atoms with Crippen LogP contribution in [0.15, 0.2) is 24.5 Å². The Morgan fingerprint density at radius 3 is 2.91 bits per heavy atom. The number of hydrogen-bond donors (Lipinski definition) is 1. The van der Waals surface area contributed by atoms with Crippen molar-refractivity contribution in [2.24, 2.45) is 0 Å². The van der Waals surface area contributed by atoms with Crippen LogP contribution in [0.1, 0.15) is 43.4 Å². The third kappa shape index (κ3) is 2.41. The van der Waals surface area contributed by atoms with Gasteiger partial charge in [0.05, 0.1) is 6.04 Å². The summed E-state index contributed by atoms with van der Waals surface area (Å²) in [6, 6.07) is 3.52. The van der Waals surface area contributed by atoms with E-state index in [0.29, 0.717) is 11.5 Å². The predicted molar refractivity (Wildman–Crippen MR) is 78.3 cm³/mol. The van der Waals surface area contributed by atoms with Crippen LogP contribution in [0.25, 0.3) is 5.65 Å². The Hall–Kier alpha value is -2.58. The molecule has 1 saturated heterocycles. The Bertz CT molecular complexity index is 799. The number of anilines is 1. The fourth-order valence-electron chi connectivity index (χ4n) is 3.03. The molecule has 4 rings (SSSR count). The van der Waals surface area contributed by atoms with Crippen LogP contribution in [-0.4, -0.2) is 36.3 Å². The maximum atomic E-state index is 13.0. The number of aromatic amines is 1. The van der Waals surface area contributed by atoms with Crippen LogP contribution in [0.5, 0.6) is 0 Å². The molecule has 1 atom stereocenters. The standard InChI is InChI=1S/C14H15F2N7/c15-12(16)14-20-19-10-4-5-11(21-23(10)14)22-8-2-1-3-9(22)13-17-6-7-18-13/h4-7,9,12H,1-3,8H2,(H,17,18). The highest BCUT2D eigenvalue weighted by Crippen LogP contribution is 2.32. The number of rotatable bonds is 3. The lowest BCUT2D eigenvalue weighted by Gasteiger charge is -2.35. The molecule has 9 heteroatoms. The number of fused-ring (bicyclic) bond motifs is 1. The van der Waals surface area contributed by atoms with Gasteiger partial charge in [0.15, 0.2) is 5.65 Å². The van der Waals surface area contributed by atoms with Gasteiger partial charge >= 0.3 is 0 Å². The summed E-state index contributed by atoms with van der Waals surface area (Å²) in [5.41, 5.74) is 0.315. The van der Waals surface area contributed by atoms with Crippen molar-refractivity contribution in [3.8, 4) is 0 Å². The second-order valence-electron chi connectivity index (χ2n) is 5.50. The van der Waals surface area contributed by atoms with Gasteiger partial charge in [0, 0.05) is 18.9 Å². The summed E-state index contributed by atoms with van der Waals surface area (Å²) >= 11 is 0. The maximum Gasteiger partial charge on any atom is 0.299 e. The van der Waals surface area contributed by atoms with Crippen molar-refractivity contribution in [2.75, 3.05) is 11.4 Å². The zero-order valence-electron chi connectivity index (χ0n) is 12.2. The molecule has 7 nitrogen and oxygen atoms in total. The number of halogens is 2. The highest BCUT2D eigenvalue weighted by Gasteiger charge is 2.28. The summed E-state index contributed by atoms with van der Waals surface area (Å²) in [5.74, 6) is 1.05. The summed E-state index contributed by atoms with van der Waals surface area (Å²) in [6.45, 7) is 0.802. The van der Waals surface area contributed by atoms with Gasteiger partial charge in [-0.15, -0.1) is 15.3 Å². The van der Waals surface area contributed by atoms with Gasteiger partial charge in [-0.25, -0.2) is 13.8 Å². The van der Waals surface area contributed by atoms with Crippen LogP contribution in [0.3, 0.4) is 0 Å². The summed E-state index contributed by atoms with van der Waals surface area (Å²) < 4.78 is 27.1. The Morgan fingerprint density at radius 2 is 2.13 bits per heavy atom. The molecule has 0 amide bonds. The zero-order valence-corrected chi connectivity index (χ0v) is 12.2. The van der Waals surface area contributed by atoms with Crippen LogP contribution in [0, 0.1) is 0 Å². The fourth-order valence-corrected chi connectivity index (χ4v) is 3.03. The molecular weight excluding hydrogens is 304 g/mol. The minimum absolute atomic E-state index is 0.0650. The lowest BCUT2D eigenvalue weighted by molar-refractivity contribution is 0.137. The molecule has 0 aliphatic carbocycles. The van der Waals surface area contributed by atoms with Gasteiger partial charge in [0.1, 0.15) is 11.6 Å². The molecule has 0 bridgehead atoms. The highest BCUT2D eigenvalue weighted by atomic mass is 19.3. The molecular formula is C14H15F2N7. The van der Waals surface area contributed by atoms with Crippen molar-refractivity contribution in [3.05, 3.63) is 36.2 Å². The van der Waals surface area contributed by atoms with Gasteiger partial charge in [0.25, 0.3) is 6.43 Å². The van der Waals surface area contributed by atoms with E-state index in [2.05, 4.69) is 30.2 Å². The minimum atomic E-state index is -2.71. The first-order valence-corrected chi connectivity index (χ1v) is 7.50. The summed E-state index contributed by atoms with van der Waals surface area (Å²) in [7, 11) is 0.